The Morgan fingerprint density at radius 3 is 2.14 bits per heavy atom. The molecule has 1 aliphatic rings. The van der Waals surface area contributed by atoms with Gasteiger partial charge in [-0.3, -0.25) is 14.4 Å². The first-order valence-corrected chi connectivity index (χ1v) is 13.6. The molecule has 6 atom stereocenters. The first-order valence-electron chi connectivity index (χ1n) is 13.6. The summed E-state index contributed by atoms with van der Waals surface area (Å²) in [6.45, 7) is 12.3. The molecule has 1 rings (SSSR count). The standard InChI is InChI=1S/C27H50N4O5/c1-9-11-21(29-27(35)25(18(4)5)30-26(34)24(28-7)17(2)3)22(36-8)15-23(33)31-13-10-12-20(31)14-19(6)16-32/h16-22,24-25,28H,9-15H2,1-8H3,(H,29,35)(H,30,34). The Labute approximate surface area is 217 Å². The van der Waals surface area contributed by atoms with Crippen molar-refractivity contribution in [3.8, 4) is 0 Å². The summed E-state index contributed by atoms with van der Waals surface area (Å²) < 4.78 is 5.73. The van der Waals surface area contributed by atoms with Crippen molar-refractivity contribution >= 4 is 24.0 Å². The lowest BCUT2D eigenvalue weighted by Gasteiger charge is -2.32. The fourth-order valence-corrected chi connectivity index (χ4v) is 5.05. The number of carbonyl (C=O) groups excluding carboxylic acids is 4. The second-order valence-electron chi connectivity index (χ2n) is 10.9. The number of nitrogens with zero attached hydrogens (tertiary/aromatic N) is 1. The maximum atomic E-state index is 13.3. The van der Waals surface area contributed by atoms with E-state index in [1.165, 1.54) is 0 Å². The van der Waals surface area contributed by atoms with Crippen LogP contribution in [-0.4, -0.2) is 79.9 Å². The molecule has 0 bridgehead atoms. The van der Waals surface area contributed by atoms with Gasteiger partial charge in [-0.15, -0.1) is 0 Å². The van der Waals surface area contributed by atoms with Crippen LogP contribution >= 0.6 is 0 Å². The summed E-state index contributed by atoms with van der Waals surface area (Å²) in [5.41, 5.74) is 0. The molecule has 3 N–H and O–H groups in total. The number of carbonyl (C=O) groups is 4. The predicted molar refractivity (Wildman–Crippen MR) is 141 cm³/mol. The fraction of sp³-hybridized carbons (Fsp3) is 0.852. The zero-order valence-corrected chi connectivity index (χ0v) is 23.6. The van der Waals surface area contributed by atoms with Crippen molar-refractivity contribution in [1.29, 1.82) is 0 Å². The molecular formula is C27H50N4O5. The van der Waals surface area contributed by atoms with Gasteiger partial charge in [0.05, 0.1) is 24.6 Å². The molecule has 0 aromatic carbocycles. The van der Waals surface area contributed by atoms with Crippen molar-refractivity contribution in [3.63, 3.8) is 0 Å². The average molecular weight is 511 g/mol. The first-order chi connectivity index (χ1) is 17.0. The van der Waals surface area contributed by atoms with Crippen LogP contribution in [0.15, 0.2) is 0 Å². The van der Waals surface area contributed by atoms with Gasteiger partial charge in [0, 0.05) is 25.6 Å². The van der Waals surface area contributed by atoms with Gasteiger partial charge in [0.15, 0.2) is 0 Å². The molecule has 1 saturated heterocycles. The van der Waals surface area contributed by atoms with Crippen LogP contribution in [0.4, 0.5) is 0 Å². The van der Waals surface area contributed by atoms with Gasteiger partial charge in [0.1, 0.15) is 12.3 Å². The number of hydrogen-bond donors (Lipinski definition) is 3. The molecule has 9 heteroatoms. The fourth-order valence-electron chi connectivity index (χ4n) is 5.05. The van der Waals surface area contributed by atoms with Crippen molar-refractivity contribution in [2.45, 2.75) is 110 Å². The van der Waals surface area contributed by atoms with E-state index in [0.717, 1.165) is 25.5 Å². The number of likely N-dealkylation sites (tertiary alicyclic amines) is 1. The van der Waals surface area contributed by atoms with E-state index in [0.29, 0.717) is 19.4 Å². The summed E-state index contributed by atoms with van der Waals surface area (Å²) in [7, 11) is 3.29. The Kier molecular flexibility index (Phi) is 14.2. The summed E-state index contributed by atoms with van der Waals surface area (Å²) in [6, 6.07) is -1.40. The van der Waals surface area contributed by atoms with Gasteiger partial charge in [-0.05, 0) is 44.6 Å². The monoisotopic (exact) mass is 510 g/mol. The van der Waals surface area contributed by atoms with Crippen LogP contribution < -0.4 is 16.0 Å². The molecule has 3 amide bonds. The van der Waals surface area contributed by atoms with Crippen molar-refractivity contribution in [2.24, 2.45) is 17.8 Å². The quantitative estimate of drug-likeness (QED) is 0.274. The third-order valence-electron chi connectivity index (χ3n) is 7.14. The highest BCUT2D eigenvalue weighted by molar-refractivity contribution is 5.90. The highest BCUT2D eigenvalue weighted by atomic mass is 16.5. The molecule has 1 fully saturated rings. The summed E-state index contributed by atoms with van der Waals surface area (Å²) in [5.74, 6) is -0.629. The average Bonchev–Trinajstić information content (AvgIpc) is 3.28. The van der Waals surface area contributed by atoms with Crippen LogP contribution in [-0.2, 0) is 23.9 Å². The van der Waals surface area contributed by atoms with Gasteiger partial charge in [0.2, 0.25) is 17.7 Å². The zero-order valence-electron chi connectivity index (χ0n) is 23.6. The molecule has 208 valence electrons. The molecule has 0 aromatic heterocycles. The number of rotatable bonds is 16. The Morgan fingerprint density at radius 2 is 1.64 bits per heavy atom. The van der Waals surface area contributed by atoms with Gasteiger partial charge in [0.25, 0.3) is 0 Å². The number of likely N-dealkylation sites (N-methyl/N-ethyl adjacent to an activating group) is 1. The SMILES string of the molecule is CCCC(NC(=O)C(NC(=O)C(NC)C(C)C)C(C)C)C(CC(=O)N1CCCC1CC(C)C=O)OC. The first kappa shape index (κ1) is 32.0. The van der Waals surface area contributed by atoms with E-state index in [1.54, 1.807) is 14.2 Å². The third-order valence-corrected chi connectivity index (χ3v) is 7.14. The van der Waals surface area contributed by atoms with Gasteiger partial charge in [-0.2, -0.15) is 0 Å². The molecule has 0 aromatic rings. The Balaban J connectivity index is 2.94. The highest BCUT2D eigenvalue weighted by Gasteiger charge is 2.35. The van der Waals surface area contributed by atoms with Crippen LogP contribution in [0.5, 0.6) is 0 Å². The summed E-state index contributed by atoms with van der Waals surface area (Å²) >= 11 is 0. The molecule has 0 spiro atoms. The van der Waals surface area contributed by atoms with Gasteiger partial charge >= 0.3 is 0 Å². The molecule has 36 heavy (non-hydrogen) atoms. The molecule has 0 radical (unpaired) electrons. The predicted octanol–water partition coefficient (Wildman–Crippen LogP) is 2.28. The molecular weight excluding hydrogens is 460 g/mol. The van der Waals surface area contributed by atoms with Gasteiger partial charge in [-0.25, -0.2) is 0 Å². The molecule has 6 unspecified atom stereocenters. The lowest BCUT2D eigenvalue weighted by Crippen LogP contribution is -2.58. The van der Waals surface area contributed by atoms with E-state index >= 15 is 0 Å². The molecule has 0 aliphatic carbocycles. The maximum Gasteiger partial charge on any atom is 0.243 e. The molecule has 1 aliphatic heterocycles. The minimum absolute atomic E-state index is 0.0136. The highest BCUT2D eigenvalue weighted by Crippen LogP contribution is 2.25. The topological polar surface area (TPSA) is 117 Å². The van der Waals surface area contributed by atoms with Gasteiger partial charge in [-0.1, -0.05) is 48.0 Å². The molecule has 0 saturated carbocycles. The lowest BCUT2D eigenvalue weighted by atomic mass is 9.97. The van der Waals surface area contributed by atoms with Crippen LogP contribution in [0.25, 0.3) is 0 Å². The van der Waals surface area contributed by atoms with Crippen LogP contribution in [0.2, 0.25) is 0 Å². The Morgan fingerprint density at radius 1 is 1.03 bits per heavy atom. The molecule has 9 nitrogen and oxygen atoms in total. The van der Waals surface area contributed by atoms with Crippen molar-refractivity contribution < 1.29 is 23.9 Å². The lowest BCUT2D eigenvalue weighted by molar-refractivity contribution is -0.137. The summed E-state index contributed by atoms with van der Waals surface area (Å²) in [5, 5.41) is 9.00. The van der Waals surface area contributed by atoms with E-state index in [-0.39, 0.29) is 54.0 Å². The normalized spacial score (nSPS) is 20.1. The number of amides is 3. The second-order valence-corrected chi connectivity index (χ2v) is 10.9. The number of ether oxygens (including phenoxy) is 1. The van der Waals surface area contributed by atoms with Crippen molar-refractivity contribution in [3.05, 3.63) is 0 Å². The van der Waals surface area contributed by atoms with Crippen LogP contribution in [0, 0.1) is 17.8 Å². The Hall–Kier alpha value is -2.00. The maximum absolute atomic E-state index is 13.3. The van der Waals surface area contributed by atoms with E-state index < -0.39 is 18.2 Å². The Bertz CT molecular complexity index is 714. The largest absolute Gasteiger partial charge is 0.379 e. The van der Waals surface area contributed by atoms with Crippen molar-refractivity contribution in [2.75, 3.05) is 20.7 Å². The minimum atomic E-state index is -0.701. The number of nitrogens with one attached hydrogen (secondary N) is 3. The smallest absolute Gasteiger partial charge is 0.243 e. The second kappa shape index (κ2) is 16.0. The van der Waals surface area contributed by atoms with E-state index in [1.807, 2.05) is 46.4 Å². The number of aldehydes is 1. The van der Waals surface area contributed by atoms with Crippen LogP contribution in [0.1, 0.15) is 80.1 Å². The van der Waals surface area contributed by atoms with E-state index in [9.17, 15) is 19.2 Å². The minimum Gasteiger partial charge on any atom is -0.379 e. The molecule has 1 heterocycles. The zero-order chi connectivity index (χ0) is 27.4. The van der Waals surface area contributed by atoms with E-state index in [2.05, 4.69) is 16.0 Å². The number of hydrogen-bond acceptors (Lipinski definition) is 6. The third kappa shape index (κ3) is 9.47. The van der Waals surface area contributed by atoms with E-state index in [4.69, 9.17) is 4.74 Å². The van der Waals surface area contributed by atoms with Gasteiger partial charge < -0.3 is 30.4 Å². The summed E-state index contributed by atoms with van der Waals surface area (Å²) in [4.78, 5) is 52.4. The number of methoxy groups -OCH3 is 1. The summed E-state index contributed by atoms with van der Waals surface area (Å²) in [6.07, 6.45) is 4.54. The van der Waals surface area contributed by atoms with Crippen molar-refractivity contribution in [1.82, 2.24) is 20.9 Å². The van der Waals surface area contributed by atoms with Crippen LogP contribution in [0.3, 0.4) is 0 Å².